The fourth-order valence-corrected chi connectivity index (χ4v) is 2.81. The second-order valence-electron chi connectivity index (χ2n) is 6.48. The van der Waals surface area contributed by atoms with Crippen LogP contribution in [0, 0.1) is 26.6 Å². The number of anilines is 1. The van der Waals surface area contributed by atoms with Crippen LogP contribution in [0.15, 0.2) is 30.3 Å². The van der Waals surface area contributed by atoms with Crippen molar-refractivity contribution in [3.8, 4) is 5.75 Å². The summed E-state index contributed by atoms with van der Waals surface area (Å²) >= 11 is 0. The Labute approximate surface area is 162 Å². The molecular weight excluding hydrogens is 365 g/mol. The molecule has 0 heterocycles. The van der Waals surface area contributed by atoms with Gasteiger partial charge in [0.05, 0.1) is 5.56 Å². The molecule has 7 heteroatoms. The zero-order chi connectivity index (χ0) is 20.8. The first-order valence-corrected chi connectivity index (χ1v) is 8.64. The van der Waals surface area contributed by atoms with Gasteiger partial charge in [-0.1, -0.05) is 17.7 Å². The Morgan fingerprint density at radius 1 is 1.00 bits per heavy atom. The topological polar surface area (TPSA) is 81.7 Å². The van der Waals surface area contributed by atoms with Gasteiger partial charge >= 0.3 is 5.97 Å². The van der Waals surface area contributed by atoms with Crippen molar-refractivity contribution in [3.63, 3.8) is 0 Å². The molecule has 1 N–H and O–H groups in total. The third-order valence-electron chi connectivity index (χ3n) is 3.89. The molecule has 1 amide bonds. The smallest absolute Gasteiger partial charge is 0.344 e. The second-order valence-corrected chi connectivity index (χ2v) is 6.48. The number of carbonyl (C=O) groups excluding carboxylic acids is 3. The van der Waals surface area contributed by atoms with Crippen LogP contribution >= 0.6 is 0 Å². The van der Waals surface area contributed by atoms with E-state index in [4.69, 9.17) is 9.47 Å². The van der Waals surface area contributed by atoms with Gasteiger partial charge in [-0.25, -0.2) is 9.18 Å². The predicted molar refractivity (Wildman–Crippen MR) is 102 cm³/mol. The highest BCUT2D eigenvalue weighted by atomic mass is 19.1. The number of amides is 1. The maximum absolute atomic E-state index is 14.0. The number of nitrogens with one attached hydrogen (secondary N) is 1. The molecule has 0 bridgehead atoms. The largest absolute Gasteiger partial charge is 0.481 e. The number of ether oxygens (including phenoxy) is 2. The van der Waals surface area contributed by atoms with Gasteiger partial charge in [-0.2, -0.15) is 0 Å². The van der Waals surface area contributed by atoms with E-state index in [1.165, 1.54) is 19.1 Å². The average Bonchev–Trinajstić information content (AvgIpc) is 2.58. The summed E-state index contributed by atoms with van der Waals surface area (Å²) in [6.45, 7) is 6.03. The molecule has 0 unspecified atom stereocenters. The van der Waals surface area contributed by atoms with Gasteiger partial charge in [0.1, 0.15) is 11.6 Å². The zero-order valence-corrected chi connectivity index (χ0v) is 16.2. The Hall–Kier alpha value is -3.22. The van der Waals surface area contributed by atoms with Gasteiger partial charge in [-0.3, -0.25) is 9.59 Å². The van der Waals surface area contributed by atoms with Crippen LogP contribution in [0.25, 0.3) is 0 Å². The van der Waals surface area contributed by atoms with Crippen molar-refractivity contribution in [3.05, 3.63) is 58.4 Å². The molecule has 0 saturated heterocycles. The van der Waals surface area contributed by atoms with Crippen LogP contribution in [0.3, 0.4) is 0 Å². The van der Waals surface area contributed by atoms with E-state index in [9.17, 15) is 18.8 Å². The molecule has 2 aromatic carbocycles. The molecular formula is C21H22FNO5. The highest BCUT2D eigenvalue weighted by Crippen LogP contribution is 2.24. The van der Waals surface area contributed by atoms with Crippen LogP contribution in [0.2, 0.25) is 0 Å². The lowest BCUT2D eigenvalue weighted by molar-refractivity contribution is -0.144. The van der Waals surface area contributed by atoms with Gasteiger partial charge in [0, 0.05) is 12.6 Å². The third-order valence-corrected chi connectivity index (χ3v) is 3.89. The average molecular weight is 387 g/mol. The maximum Gasteiger partial charge on any atom is 0.344 e. The van der Waals surface area contributed by atoms with Crippen LogP contribution in [-0.2, 0) is 14.3 Å². The van der Waals surface area contributed by atoms with E-state index in [-0.39, 0.29) is 23.8 Å². The highest BCUT2D eigenvalue weighted by molar-refractivity contribution is 5.99. The molecule has 0 aliphatic rings. The predicted octanol–water partition coefficient (Wildman–Crippen LogP) is 3.51. The minimum Gasteiger partial charge on any atom is -0.481 e. The van der Waals surface area contributed by atoms with E-state index >= 15 is 0 Å². The normalized spacial score (nSPS) is 10.3. The Kier molecular flexibility index (Phi) is 6.87. The van der Waals surface area contributed by atoms with Crippen molar-refractivity contribution >= 4 is 23.3 Å². The standard InChI is InChI=1S/C21H22FNO5/c1-12-7-13(2)21(14(3)8-12)28-11-20(26)27-10-19(25)17-6-5-16(9-18(17)22)23-15(4)24/h5-9H,10-11H2,1-4H3,(H,23,24). The van der Waals surface area contributed by atoms with E-state index in [1.807, 2.05) is 32.9 Å². The molecule has 0 aliphatic carbocycles. The van der Waals surface area contributed by atoms with Crippen molar-refractivity contribution in [1.82, 2.24) is 0 Å². The zero-order valence-electron chi connectivity index (χ0n) is 16.2. The van der Waals surface area contributed by atoms with Gasteiger partial charge < -0.3 is 14.8 Å². The van der Waals surface area contributed by atoms with Gasteiger partial charge in [0.25, 0.3) is 0 Å². The summed E-state index contributed by atoms with van der Waals surface area (Å²) in [5.74, 6) is -2.00. The van der Waals surface area contributed by atoms with Crippen molar-refractivity contribution in [2.24, 2.45) is 0 Å². The number of rotatable bonds is 7. The van der Waals surface area contributed by atoms with Crippen molar-refractivity contribution in [2.75, 3.05) is 18.5 Å². The molecule has 148 valence electrons. The molecule has 2 rings (SSSR count). The van der Waals surface area contributed by atoms with Crippen molar-refractivity contribution in [2.45, 2.75) is 27.7 Å². The first kappa shape index (κ1) is 21.1. The Morgan fingerprint density at radius 2 is 1.64 bits per heavy atom. The summed E-state index contributed by atoms with van der Waals surface area (Å²) in [6, 6.07) is 7.52. The van der Waals surface area contributed by atoms with Crippen molar-refractivity contribution in [1.29, 1.82) is 0 Å². The lowest BCUT2D eigenvalue weighted by Crippen LogP contribution is -2.20. The first-order chi connectivity index (χ1) is 13.2. The summed E-state index contributed by atoms with van der Waals surface area (Å²) in [5, 5.41) is 2.41. The summed E-state index contributed by atoms with van der Waals surface area (Å²) in [4.78, 5) is 34.9. The Balaban J connectivity index is 1.91. The quantitative estimate of drug-likeness (QED) is 0.581. The first-order valence-electron chi connectivity index (χ1n) is 8.64. The molecule has 6 nitrogen and oxygen atoms in total. The number of hydrogen-bond acceptors (Lipinski definition) is 5. The van der Waals surface area contributed by atoms with E-state index in [1.54, 1.807) is 0 Å². The van der Waals surface area contributed by atoms with Crippen LogP contribution in [0.1, 0.15) is 34.0 Å². The lowest BCUT2D eigenvalue weighted by atomic mass is 10.1. The van der Waals surface area contributed by atoms with Crippen LogP contribution in [0.4, 0.5) is 10.1 Å². The van der Waals surface area contributed by atoms with E-state index in [0.717, 1.165) is 22.8 Å². The van der Waals surface area contributed by atoms with Crippen molar-refractivity contribution < 1.29 is 28.2 Å². The molecule has 0 saturated carbocycles. The van der Waals surface area contributed by atoms with Gasteiger partial charge in [-0.05, 0) is 50.1 Å². The van der Waals surface area contributed by atoms with Crippen LogP contribution in [0.5, 0.6) is 5.75 Å². The number of Topliss-reactive ketones (excluding diaryl/α,β-unsaturated/α-hetero) is 1. The molecule has 0 spiro atoms. The SMILES string of the molecule is CC(=O)Nc1ccc(C(=O)COC(=O)COc2c(C)cc(C)cc2C)c(F)c1. The molecule has 0 radical (unpaired) electrons. The highest BCUT2D eigenvalue weighted by Gasteiger charge is 2.16. The Morgan fingerprint density at radius 3 is 2.21 bits per heavy atom. The van der Waals surface area contributed by atoms with E-state index in [2.05, 4.69) is 5.32 Å². The number of hydrogen-bond donors (Lipinski definition) is 1. The van der Waals surface area contributed by atoms with Crippen LogP contribution in [-0.4, -0.2) is 30.9 Å². The minimum atomic E-state index is -0.811. The summed E-state index contributed by atoms with van der Waals surface area (Å²) in [7, 11) is 0. The number of carbonyl (C=O) groups is 3. The number of ketones is 1. The molecule has 0 atom stereocenters. The molecule has 0 aliphatic heterocycles. The number of benzene rings is 2. The number of esters is 1. The van der Waals surface area contributed by atoms with E-state index < -0.39 is 24.2 Å². The molecule has 0 fully saturated rings. The van der Waals surface area contributed by atoms with Gasteiger partial charge in [-0.15, -0.1) is 0 Å². The number of aryl methyl sites for hydroxylation is 3. The monoisotopic (exact) mass is 387 g/mol. The summed E-state index contributed by atoms with van der Waals surface area (Å²) in [6.07, 6.45) is 0. The van der Waals surface area contributed by atoms with Gasteiger partial charge in [0.2, 0.25) is 11.7 Å². The van der Waals surface area contributed by atoms with Crippen LogP contribution < -0.4 is 10.1 Å². The summed E-state index contributed by atoms with van der Waals surface area (Å²) < 4.78 is 24.4. The molecule has 2 aromatic rings. The fraction of sp³-hybridized carbons (Fsp3) is 0.286. The summed E-state index contributed by atoms with van der Waals surface area (Å²) in [5.41, 5.74) is 2.87. The minimum absolute atomic E-state index is 0.229. The lowest BCUT2D eigenvalue weighted by Gasteiger charge is -2.12. The molecule has 28 heavy (non-hydrogen) atoms. The number of halogens is 1. The fourth-order valence-electron chi connectivity index (χ4n) is 2.81. The maximum atomic E-state index is 14.0. The Bertz CT molecular complexity index is 900. The van der Waals surface area contributed by atoms with E-state index in [0.29, 0.717) is 5.75 Å². The second kappa shape index (κ2) is 9.12. The third kappa shape index (κ3) is 5.64. The molecule has 0 aromatic heterocycles. The van der Waals surface area contributed by atoms with Gasteiger partial charge in [0.15, 0.2) is 13.2 Å².